The van der Waals surface area contributed by atoms with Crippen LogP contribution in [0.15, 0.2) is 24.3 Å². The molecule has 2 rings (SSSR count). The van der Waals surface area contributed by atoms with Gasteiger partial charge in [-0.3, -0.25) is 15.0 Å². The lowest BCUT2D eigenvalue weighted by molar-refractivity contribution is -0.384. The smallest absolute Gasteiger partial charge is 0.269 e. The summed E-state index contributed by atoms with van der Waals surface area (Å²) in [6.45, 7) is 15.0. The third-order valence-electron chi connectivity index (χ3n) is 5.92. The summed E-state index contributed by atoms with van der Waals surface area (Å²) < 4.78 is 6.51. The van der Waals surface area contributed by atoms with Crippen LogP contribution in [0.25, 0.3) is 0 Å². The molecular formula is C19H32N2O4Si. The van der Waals surface area contributed by atoms with Crippen molar-refractivity contribution in [2.24, 2.45) is 0 Å². The standard InChI is InChI=1S/C19H32N2O4Si/c1-14(18(22)15-7-9-16(10-8-15)21(23)24)20-12-11-17(13-20)25-26(5,6)19(2,3)4/h7-10,14,17-18,22H,11-13H2,1-6H3/t14-,17?,18+/m1/s1. The average Bonchev–Trinajstić information content (AvgIpc) is 3.00. The molecule has 1 unspecified atom stereocenters. The Morgan fingerprint density at radius 2 is 1.88 bits per heavy atom. The molecule has 1 aliphatic rings. The van der Waals surface area contributed by atoms with Crippen LogP contribution in [0.1, 0.15) is 45.8 Å². The molecule has 6 nitrogen and oxygen atoms in total. The number of aliphatic hydroxyl groups excluding tert-OH is 1. The molecule has 1 aromatic carbocycles. The molecule has 0 spiro atoms. The molecule has 1 aromatic rings. The highest BCUT2D eigenvalue weighted by molar-refractivity contribution is 6.74. The van der Waals surface area contributed by atoms with Crippen LogP contribution in [0, 0.1) is 10.1 Å². The summed E-state index contributed by atoms with van der Waals surface area (Å²) in [6.07, 6.45) is 0.508. The molecule has 0 bridgehead atoms. The van der Waals surface area contributed by atoms with Crippen molar-refractivity contribution in [1.29, 1.82) is 0 Å². The summed E-state index contributed by atoms with van der Waals surface area (Å²) in [7, 11) is -1.80. The highest BCUT2D eigenvalue weighted by Gasteiger charge is 2.41. The second kappa shape index (κ2) is 7.76. The van der Waals surface area contributed by atoms with Crippen molar-refractivity contribution < 1.29 is 14.5 Å². The third kappa shape index (κ3) is 4.71. The number of rotatable bonds is 6. The highest BCUT2D eigenvalue weighted by Crippen LogP contribution is 2.38. The molecule has 1 N–H and O–H groups in total. The number of nitro groups is 1. The van der Waals surface area contributed by atoms with E-state index in [2.05, 4.69) is 38.8 Å². The zero-order valence-electron chi connectivity index (χ0n) is 16.7. The summed E-state index contributed by atoms with van der Waals surface area (Å²) in [5, 5.41) is 21.6. The van der Waals surface area contributed by atoms with Crippen LogP contribution in [-0.2, 0) is 4.43 Å². The Bertz CT molecular complexity index is 627. The molecule has 1 heterocycles. The minimum Gasteiger partial charge on any atom is -0.413 e. The van der Waals surface area contributed by atoms with E-state index in [-0.39, 0.29) is 22.9 Å². The van der Waals surface area contributed by atoms with Crippen molar-refractivity contribution in [1.82, 2.24) is 4.90 Å². The van der Waals surface area contributed by atoms with Gasteiger partial charge < -0.3 is 9.53 Å². The normalized spacial score (nSPS) is 21.6. The molecule has 3 atom stereocenters. The van der Waals surface area contributed by atoms with Crippen molar-refractivity contribution in [2.45, 2.75) is 70.5 Å². The van der Waals surface area contributed by atoms with Crippen molar-refractivity contribution >= 4 is 14.0 Å². The number of nitrogens with zero attached hydrogens (tertiary/aromatic N) is 2. The van der Waals surface area contributed by atoms with Gasteiger partial charge in [0.1, 0.15) is 0 Å². The topological polar surface area (TPSA) is 75.8 Å². The zero-order chi connectivity index (χ0) is 19.7. The van der Waals surface area contributed by atoms with Gasteiger partial charge in [0.2, 0.25) is 0 Å². The fourth-order valence-corrected chi connectivity index (χ4v) is 4.46. The Balaban J connectivity index is 1.98. The minimum absolute atomic E-state index is 0.0395. The number of likely N-dealkylation sites (tertiary alicyclic amines) is 1. The maximum absolute atomic E-state index is 10.8. The molecule has 7 heteroatoms. The summed E-state index contributed by atoms with van der Waals surface area (Å²) in [5.74, 6) is 0. The van der Waals surface area contributed by atoms with Crippen LogP contribution in [-0.4, -0.2) is 48.5 Å². The Morgan fingerprint density at radius 3 is 2.38 bits per heavy atom. The van der Waals surface area contributed by atoms with Crippen LogP contribution in [0.2, 0.25) is 18.1 Å². The van der Waals surface area contributed by atoms with Gasteiger partial charge in [0, 0.05) is 31.3 Å². The number of nitro benzene ring substituents is 1. The van der Waals surface area contributed by atoms with Gasteiger partial charge in [0.25, 0.3) is 5.69 Å². The lowest BCUT2D eigenvalue weighted by Gasteiger charge is -2.38. The minimum atomic E-state index is -1.80. The van der Waals surface area contributed by atoms with E-state index in [0.717, 1.165) is 19.5 Å². The Morgan fingerprint density at radius 1 is 1.31 bits per heavy atom. The van der Waals surface area contributed by atoms with Gasteiger partial charge in [-0.05, 0) is 49.2 Å². The predicted octanol–water partition coefficient (Wildman–Crippen LogP) is 4.11. The van der Waals surface area contributed by atoms with E-state index in [9.17, 15) is 15.2 Å². The van der Waals surface area contributed by atoms with Crippen LogP contribution in [0.5, 0.6) is 0 Å². The second-order valence-corrected chi connectivity index (χ2v) is 13.6. The summed E-state index contributed by atoms with van der Waals surface area (Å²) in [4.78, 5) is 12.6. The fourth-order valence-electron chi connectivity index (χ4n) is 3.08. The first-order valence-electron chi connectivity index (χ1n) is 9.26. The van der Waals surface area contributed by atoms with Crippen LogP contribution in [0.4, 0.5) is 5.69 Å². The van der Waals surface area contributed by atoms with Gasteiger partial charge in [-0.25, -0.2) is 0 Å². The lowest BCUT2D eigenvalue weighted by atomic mass is 10.0. The Kier molecular flexibility index (Phi) is 6.27. The molecule has 1 fully saturated rings. The molecule has 0 radical (unpaired) electrons. The van der Waals surface area contributed by atoms with E-state index in [1.807, 2.05) is 6.92 Å². The molecule has 0 aliphatic carbocycles. The number of benzene rings is 1. The maximum Gasteiger partial charge on any atom is 0.269 e. The second-order valence-electron chi connectivity index (χ2n) is 8.82. The van der Waals surface area contributed by atoms with Crippen LogP contribution >= 0.6 is 0 Å². The Hall–Kier alpha value is -1.28. The van der Waals surface area contributed by atoms with E-state index in [0.29, 0.717) is 5.56 Å². The van der Waals surface area contributed by atoms with Crippen LogP contribution < -0.4 is 0 Å². The van der Waals surface area contributed by atoms with Crippen molar-refractivity contribution in [3.8, 4) is 0 Å². The van der Waals surface area contributed by atoms with Crippen molar-refractivity contribution in [3.05, 3.63) is 39.9 Å². The van der Waals surface area contributed by atoms with Gasteiger partial charge in [-0.15, -0.1) is 0 Å². The number of non-ortho nitro benzene ring substituents is 1. The highest BCUT2D eigenvalue weighted by atomic mass is 28.4. The number of hydrogen-bond acceptors (Lipinski definition) is 5. The zero-order valence-corrected chi connectivity index (χ0v) is 17.7. The quantitative estimate of drug-likeness (QED) is 0.456. The fraction of sp³-hybridized carbons (Fsp3) is 0.684. The van der Waals surface area contributed by atoms with E-state index in [1.54, 1.807) is 12.1 Å². The first kappa shape index (κ1) is 21.0. The van der Waals surface area contributed by atoms with Crippen molar-refractivity contribution in [3.63, 3.8) is 0 Å². The summed E-state index contributed by atoms with van der Waals surface area (Å²) in [5.41, 5.74) is 0.745. The van der Waals surface area contributed by atoms with Gasteiger partial charge in [-0.2, -0.15) is 0 Å². The summed E-state index contributed by atoms with van der Waals surface area (Å²) >= 11 is 0. The predicted molar refractivity (Wildman–Crippen MR) is 106 cm³/mol. The molecule has 1 aliphatic heterocycles. The van der Waals surface area contributed by atoms with Gasteiger partial charge in [0.05, 0.1) is 17.1 Å². The molecule has 0 amide bonds. The third-order valence-corrected chi connectivity index (χ3v) is 10.5. The average molecular weight is 381 g/mol. The molecule has 26 heavy (non-hydrogen) atoms. The number of aliphatic hydroxyl groups is 1. The molecule has 0 saturated carbocycles. The molecule has 146 valence electrons. The molecule has 0 aromatic heterocycles. The first-order valence-corrected chi connectivity index (χ1v) is 12.2. The van der Waals surface area contributed by atoms with Gasteiger partial charge >= 0.3 is 0 Å². The Labute approximate surface area is 157 Å². The van der Waals surface area contributed by atoms with Gasteiger partial charge in [0.15, 0.2) is 8.32 Å². The van der Waals surface area contributed by atoms with E-state index >= 15 is 0 Å². The first-order chi connectivity index (χ1) is 11.9. The largest absolute Gasteiger partial charge is 0.413 e. The van der Waals surface area contributed by atoms with Crippen LogP contribution in [0.3, 0.4) is 0 Å². The monoisotopic (exact) mass is 380 g/mol. The van der Waals surface area contributed by atoms with Gasteiger partial charge in [-0.1, -0.05) is 20.8 Å². The number of hydrogen-bond donors (Lipinski definition) is 1. The maximum atomic E-state index is 10.8. The molecular weight excluding hydrogens is 348 g/mol. The summed E-state index contributed by atoms with van der Waals surface area (Å²) in [6, 6.07) is 6.10. The SMILES string of the molecule is C[C@H]([C@H](O)c1ccc([N+](=O)[O-])cc1)N1CCC(O[Si](C)(C)C(C)(C)C)C1. The molecule has 1 saturated heterocycles. The van der Waals surface area contributed by atoms with E-state index in [1.165, 1.54) is 12.1 Å². The van der Waals surface area contributed by atoms with E-state index < -0.39 is 19.3 Å². The lowest BCUT2D eigenvalue weighted by Crippen LogP contribution is -2.45. The van der Waals surface area contributed by atoms with Crippen molar-refractivity contribution in [2.75, 3.05) is 13.1 Å². The van der Waals surface area contributed by atoms with E-state index in [4.69, 9.17) is 4.43 Å².